The minimum Gasteiger partial charge on any atom is -0.379 e. The van der Waals surface area contributed by atoms with E-state index < -0.39 is 0 Å². The number of rotatable bonds is 4. The molecule has 0 amide bonds. The first-order valence-electron chi connectivity index (χ1n) is 5.20. The quantitative estimate of drug-likeness (QED) is 0.891. The van der Waals surface area contributed by atoms with Crippen LogP contribution >= 0.6 is 22.9 Å². The number of halogens is 1. The minimum atomic E-state index is 0.662. The van der Waals surface area contributed by atoms with Gasteiger partial charge in [0.05, 0.1) is 10.7 Å². The van der Waals surface area contributed by atoms with Crippen LogP contribution in [0.15, 0.2) is 30.6 Å². The Kier molecular flexibility index (Phi) is 3.80. The molecule has 0 fully saturated rings. The second-order valence-corrected chi connectivity index (χ2v) is 5.09. The van der Waals surface area contributed by atoms with Gasteiger partial charge in [0.15, 0.2) is 0 Å². The zero-order valence-corrected chi connectivity index (χ0v) is 10.6. The Morgan fingerprint density at radius 3 is 2.81 bits per heavy atom. The van der Waals surface area contributed by atoms with Crippen LogP contribution in [0.1, 0.15) is 16.7 Å². The van der Waals surface area contributed by atoms with E-state index in [-0.39, 0.29) is 0 Å². The molecule has 2 aromatic heterocycles. The van der Waals surface area contributed by atoms with E-state index in [4.69, 9.17) is 11.6 Å². The molecule has 16 heavy (non-hydrogen) atoms. The van der Waals surface area contributed by atoms with Gasteiger partial charge in [-0.15, -0.1) is 11.3 Å². The molecule has 0 spiro atoms. The van der Waals surface area contributed by atoms with E-state index in [1.165, 1.54) is 9.75 Å². The van der Waals surface area contributed by atoms with E-state index in [2.05, 4.69) is 29.4 Å². The number of nitrogens with zero attached hydrogens (tertiary/aromatic N) is 1. The molecule has 0 saturated heterocycles. The van der Waals surface area contributed by atoms with E-state index in [0.717, 1.165) is 18.7 Å². The summed E-state index contributed by atoms with van der Waals surface area (Å²) in [5, 5.41) is 3.97. The zero-order chi connectivity index (χ0) is 11.4. The zero-order valence-electron chi connectivity index (χ0n) is 9.03. The molecular weight excluding hydrogens is 240 g/mol. The Balaban J connectivity index is 1.99. The third kappa shape index (κ3) is 2.74. The minimum absolute atomic E-state index is 0.662. The van der Waals surface area contributed by atoms with E-state index in [0.29, 0.717) is 5.02 Å². The van der Waals surface area contributed by atoms with Gasteiger partial charge in [-0.05, 0) is 24.6 Å². The molecule has 0 atom stereocenters. The van der Waals surface area contributed by atoms with E-state index in [9.17, 15) is 0 Å². The fourth-order valence-corrected chi connectivity index (χ4v) is 2.49. The molecule has 1 N–H and O–H groups in total. The standard InChI is InChI=1S/C12H13ClN2S/c1-2-9-3-4-10(16-9)7-15-12-5-6-14-8-11(12)13/h3-6,8H,2,7H2,1H3,(H,14,15). The summed E-state index contributed by atoms with van der Waals surface area (Å²) in [5.74, 6) is 0. The highest BCUT2D eigenvalue weighted by molar-refractivity contribution is 7.12. The fourth-order valence-electron chi connectivity index (χ4n) is 1.41. The van der Waals surface area contributed by atoms with Crippen molar-refractivity contribution in [2.75, 3.05) is 5.32 Å². The number of hydrogen-bond acceptors (Lipinski definition) is 3. The lowest BCUT2D eigenvalue weighted by molar-refractivity contribution is 1.18. The van der Waals surface area contributed by atoms with E-state index in [1.54, 1.807) is 12.4 Å². The van der Waals surface area contributed by atoms with Crippen LogP contribution in [0.3, 0.4) is 0 Å². The summed E-state index contributed by atoms with van der Waals surface area (Å²) in [6, 6.07) is 6.22. The van der Waals surface area contributed by atoms with Crippen molar-refractivity contribution in [1.82, 2.24) is 4.98 Å². The SMILES string of the molecule is CCc1ccc(CNc2ccncc2Cl)s1. The number of hydrogen-bond donors (Lipinski definition) is 1. The van der Waals surface area contributed by atoms with Gasteiger partial charge in [0.1, 0.15) is 0 Å². The number of nitrogens with one attached hydrogen (secondary N) is 1. The van der Waals surface area contributed by atoms with Crippen molar-refractivity contribution < 1.29 is 0 Å². The van der Waals surface area contributed by atoms with Crippen LogP contribution in [0.5, 0.6) is 0 Å². The molecule has 0 saturated carbocycles. The molecule has 0 aliphatic carbocycles. The first-order chi connectivity index (χ1) is 7.79. The van der Waals surface area contributed by atoms with Crippen LogP contribution in [-0.2, 0) is 13.0 Å². The topological polar surface area (TPSA) is 24.9 Å². The van der Waals surface area contributed by atoms with Crippen LogP contribution in [0.2, 0.25) is 5.02 Å². The highest BCUT2D eigenvalue weighted by atomic mass is 35.5. The molecule has 0 aliphatic rings. The highest BCUT2D eigenvalue weighted by Crippen LogP contribution is 2.22. The maximum atomic E-state index is 6.00. The number of anilines is 1. The first-order valence-corrected chi connectivity index (χ1v) is 6.40. The molecule has 2 nitrogen and oxygen atoms in total. The van der Waals surface area contributed by atoms with Crippen molar-refractivity contribution in [2.24, 2.45) is 0 Å². The average molecular weight is 253 g/mol. The summed E-state index contributed by atoms with van der Waals surface area (Å²) in [5.41, 5.74) is 0.933. The molecule has 2 rings (SSSR count). The maximum Gasteiger partial charge on any atom is 0.0820 e. The second-order valence-electron chi connectivity index (χ2n) is 3.43. The average Bonchev–Trinajstić information content (AvgIpc) is 2.76. The number of thiophene rings is 1. The molecule has 84 valence electrons. The summed E-state index contributed by atoms with van der Waals surface area (Å²) in [7, 11) is 0. The highest BCUT2D eigenvalue weighted by Gasteiger charge is 2.01. The summed E-state index contributed by atoms with van der Waals surface area (Å²) in [6.45, 7) is 2.98. The van der Waals surface area contributed by atoms with Crippen molar-refractivity contribution in [3.8, 4) is 0 Å². The smallest absolute Gasteiger partial charge is 0.0820 e. The Bertz CT molecular complexity index is 468. The predicted molar refractivity (Wildman–Crippen MR) is 70.3 cm³/mol. The predicted octanol–water partition coefficient (Wildman–Crippen LogP) is 3.97. The second kappa shape index (κ2) is 5.32. The van der Waals surface area contributed by atoms with Gasteiger partial charge in [-0.1, -0.05) is 18.5 Å². The first kappa shape index (κ1) is 11.4. The maximum absolute atomic E-state index is 6.00. The van der Waals surface area contributed by atoms with Crippen LogP contribution in [0.4, 0.5) is 5.69 Å². The molecule has 2 aromatic rings. The summed E-state index contributed by atoms with van der Waals surface area (Å²) in [4.78, 5) is 6.69. The van der Waals surface area contributed by atoms with Crippen LogP contribution in [-0.4, -0.2) is 4.98 Å². The van der Waals surface area contributed by atoms with Gasteiger partial charge in [-0.25, -0.2) is 0 Å². The lowest BCUT2D eigenvalue weighted by Crippen LogP contribution is -1.97. The Morgan fingerprint density at radius 2 is 2.12 bits per heavy atom. The molecule has 0 radical (unpaired) electrons. The normalized spacial score (nSPS) is 10.4. The fraction of sp³-hybridized carbons (Fsp3) is 0.250. The van der Waals surface area contributed by atoms with Gasteiger partial charge in [0, 0.05) is 28.7 Å². The van der Waals surface area contributed by atoms with Crippen LogP contribution < -0.4 is 5.32 Å². The van der Waals surface area contributed by atoms with Gasteiger partial charge in [0.2, 0.25) is 0 Å². The van der Waals surface area contributed by atoms with E-state index in [1.807, 2.05) is 17.4 Å². The van der Waals surface area contributed by atoms with Crippen molar-refractivity contribution in [3.63, 3.8) is 0 Å². The van der Waals surface area contributed by atoms with Gasteiger partial charge in [0.25, 0.3) is 0 Å². The molecular formula is C12H13ClN2S. The lowest BCUT2D eigenvalue weighted by atomic mass is 10.3. The molecule has 0 aromatic carbocycles. The summed E-state index contributed by atoms with van der Waals surface area (Å²) in [6.07, 6.45) is 4.48. The van der Waals surface area contributed by atoms with Crippen molar-refractivity contribution in [3.05, 3.63) is 45.4 Å². The molecule has 4 heteroatoms. The molecule has 0 aliphatic heterocycles. The van der Waals surface area contributed by atoms with E-state index >= 15 is 0 Å². The van der Waals surface area contributed by atoms with Gasteiger partial charge in [-0.2, -0.15) is 0 Å². The monoisotopic (exact) mass is 252 g/mol. The molecule has 0 unspecified atom stereocenters. The number of aromatic nitrogens is 1. The lowest BCUT2D eigenvalue weighted by Gasteiger charge is -2.05. The summed E-state index contributed by atoms with van der Waals surface area (Å²) >= 11 is 7.84. The van der Waals surface area contributed by atoms with Crippen molar-refractivity contribution >= 4 is 28.6 Å². The third-order valence-corrected chi connectivity index (χ3v) is 3.82. The Hall–Kier alpha value is -1.06. The Morgan fingerprint density at radius 1 is 1.31 bits per heavy atom. The van der Waals surface area contributed by atoms with Crippen molar-refractivity contribution in [1.29, 1.82) is 0 Å². The largest absolute Gasteiger partial charge is 0.379 e. The van der Waals surface area contributed by atoms with Crippen LogP contribution in [0, 0.1) is 0 Å². The summed E-state index contributed by atoms with van der Waals surface area (Å²) < 4.78 is 0. The molecule has 0 bridgehead atoms. The van der Waals surface area contributed by atoms with Gasteiger partial charge in [-0.3, -0.25) is 4.98 Å². The van der Waals surface area contributed by atoms with Gasteiger partial charge < -0.3 is 5.32 Å². The number of pyridine rings is 1. The third-order valence-electron chi connectivity index (χ3n) is 2.29. The van der Waals surface area contributed by atoms with Crippen LogP contribution in [0.25, 0.3) is 0 Å². The number of aryl methyl sites for hydroxylation is 1. The Labute approximate surface area is 104 Å². The van der Waals surface area contributed by atoms with Crippen molar-refractivity contribution in [2.45, 2.75) is 19.9 Å². The molecule has 2 heterocycles. The van der Waals surface area contributed by atoms with Gasteiger partial charge >= 0.3 is 0 Å².